The molecular formula is C20H21N3O2S. The van der Waals surface area contributed by atoms with Crippen molar-refractivity contribution in [3.8, 4) is 10.4 Å². The first-order valence-corrected chi connectivity index (χ1v) is 9.19. The molecule has 26 heavy (non-hydrogen) atoms. The third-order valence-electron chi connectivity index (χ3n) is 3.79. The van der Waals surface area contributed by atoms with Gasteiger partial charge in [0, 0.05) is 16.3 Å². The second kappa shape index (κ2) is 8.40. The van der Waals surface area contributed by atoms with Gasteiger partial charge in [-0.3, -0.25) is 5.32 Å². The Morgan fingerprint density at radius 2 is 1.81 bits per heavy atom. The highest BCUT2D eigenvalue weighted by Crippen LogP contribution is 2.31. The van der Waals surface area contributed by atoms with Crippen LogP contribution in [0.15, 0.2) is 60.7 Å². The second-order valence-corrected chi connectivity index (χ2v) is 6.77. The number of nitrogens with two attached hydrogens (primary N) is 1. The van der Waals surface area contributed by atoms with Gasteiger partial charge in [0.25, 0.3) is 0 Å². The Labute approximate surface area is 156 Å². The molecule has 0 fully saturated rings. The lowest BCUT2D eigenvalue weighted by molar-refractivity contribution is 0.168. The molecule has 0 bridgehead atoms. The Balaban J connectivity index is 1.67. The molecule has 0 aliphatic carbocycles. The quantitative estimate of drug-likeness (QED) is 0.525. The van der Waals surface area contributed by atoms with E-state index in [1.807, 2.05) is 30.3 Å². The predicted molar refractivity (Wildman–Crippen MR) is 109 cm³/mol. The highest BCUT2D eigenvalue weighted by atomic mass is 32.1. The maximum Gasteiger partial charge on any atom is 0.411 e. The number of hydrogen-bond donors (Lipinski definition) is 3. The fourth-order valence-electron chi connectivity index (χ4n) is 2.52. The minimum absolute atomic E-state index is 0.311. The van der Waals surface area contributed by atoms with Gasteiger partial charge in [0.05, 0.1) is 23.7 Å². The van der Waals surface area contributed by atoms with Crippen LogP contribution in [0.25, 0.3) is 10.4 Å². The molecule has 4 N–H and O–H groups in total. The average molecular weight is 367 g/mol. The molecule has 3 rings (SSSR count). The van der Waals surface area contributed by atoms with E-state index >= 15 is 0 Å². The van der Waals surface area contributed by atoms with E-state index in [1.54, 1.807) is 24.3 Å². The van der Waals surface area contributed by atoms with Crippen LogP contribution in [0.5, 0.6) is 0 Å². The Bertz CT molecular complexity index is 878. The zero-order chi connectivity index (χ0) is 18.4. The normalized spacial score (nSPS) is 10.3. The maximum atomic E-state index is 11.6. The van der Waals surface area contributed by atoms with E-state index in [0.717, 1.165) is 5.69 Å². The second-order valence-electron chi connectivity index (χ2n) is 5.60. The van der Waals surface area contributed by atoms with Gasteiger partial charge in [-0.1, -0.05) is 36.4 Å². The summed E-state index contributed by atoms with van der Waals surface area (Å²) in [5.41, 5.74) is 9.16. The Kier molecular flexibility index (Phi) is 5.76. The van der Waals surface area contributed by atoms with E-state index in [4.69, 9.17) is 10.5 Å². The van der Waals surface area contributed by atoms with Crippen molar-refractivity contribution in [3.63, 3.8) is 0 Å². The Hall–Kier alpha value is -2.99. The lowest BCUT2D eigenvalue weighted by Gasteiger charge is -2.13. The molecule has 1 amide bonds. The SMILES string of the molecule is CCOC(=O)Nc1cccc(NCc2ccc(-c3ccccc3)s2)c1N. The van der Waals surface area contributed by atoms with Gasteiger partial charge in [-0.2, -0.15) is 0 Å². The van der Waals surface area contributed by atoms with E-state index in [0.29, 0.717) is 24.5 Å². The van der Waals surface area contributed by atoms with Crippen molar-refractivity contribution in [2.45, 2.75) is 13.5 Å². The highest BCUT2D eigenvalue weighted by molar-refractivity contribution is 7.15. The lowest BCUT2D eigenvalue weighted by Crippen LogP contribution is -2.15. The van der Waals surface area contributed by atoms with Crippen molar-refractivity contribution < 1.29 is 9.53 Å². The summed E-state index contributed by atoms with van der Waals surface area (Å²) in [5, 5.41) is 5.98. The maximum absolute atomic E-state index is 11.6. The molecule has 0 unspecified atom stereocenters. The molecule has 0 atom stereocenters. The summed E-state index contributed by atoms with van der Waals surface area (Å²) in [6.45, 7) is 2.72. The van der Waals surface area contributed by atoms with Crippen LogP contribution in [-0.2, 0) is 11.3 Å². The van der Waals surface area contributed by atoms with Crippen LogP contribution in [0, 0.1) is 0 Å². The molecule has 0 aliphatic heterocycles. The zero-order valence-electron chi connectivity index (χ0n) is 14.5. The van der Waals surface area contributed by atoms with Crippen LogP contribution >= 0.6 is 11.3 Å². The van der Waals surface area contributed by atoms with Crippen LogP contribution in [0.4, 0.5) is 21.9 Å². The number of thiophene rings is 1. The monoisotopic (exact) mass is 367 g/mol. The third kappa shape index (κ3) is 4.34. The number of amides is 1. The van der Waals surface area contributed by atoms with E-state index in [-0.39, 0.29) is 0 Å². The summed E-state index contributed by atoms with van der Waals surface area (Å²) in [6, 6.07) is 20.0. The van der Waals surface area contributed by atoms with Crippen LogP contribution in [-0.4, -0.2) is 12.7 Å². The lowest BCUT2D eigenvalue weighted by atomic mass is 10.2. The van der Waals surface area contributed by atoms with Gasteiger partial charge in [-0.25, -0.2) is 4.79 Å². The molecule has 0 aliphatic rings. The number of hydrogen-bond acceptors (Lipinski definition) is 5. The molecule has 134 valence electrons. The first kappa shape index (κ1) is 17.8. The predicted octanol–water partition coefficient (Wildman–Crippen LogP) is 5.18. The molecule has 2 aromatic carbocycles. The van der Waals surface area contributed by atoms with Gasteiger partial charge in [0.1, 0.15) is 0 Å². The molecule has 0 saturated carbocycles. The van der Waals surface area contributed by atoms with E-state index in [9.17, 15) is 4.79 Å². The van der Waals surface area contributed by atoms with Crippen molar-refractivity contribution in [1.82, 2.24) is 0 Å². The summed E-state index contributed by atoms with van der Waals surface area (Å²) >= 11 is 1.74. The number of nitrogen functional groups attached to an aromatic ring is 1. The van der Waals surface area contributed by atoms with Gasteiger partial charge in [-0.05, 0) is 36.8 Å². The topological polar surface area (TPSA) is 76.4 Å². The number of ether oxygens (including phenoxy) is 1. The van der Waals surface area contributed by atoms with Gasteiger partial charge >= 0.3 is 6.09 Å². The van der Waals surface area contributed by atoms with Crippen molar-refractivity contribution >= 4 is 34.5 Å². The van der Waals surface area contributed by atoms with Crippen molar-refractivity contribution in [1.29, 1.82) is 0 Å². The number of para-hydroxylation sites is 1. The summed E-state index contributed by atoms with van der Waals surface area (Å²) < 4.78 is 4.89. The summed E-state index contributed by atoms with van der Waals surface area (Å²) in [4.78, 5) is 14.0. The molecule has 0 spiro atoms. The first-order valence-electron chi connectivity index (χ1n) is 8.37. The zero-order valence-corrected chi connectivity index (χ0v) is 15.3. The summed E-state index contributed by atoms with van der Waals surface area (Å²) in [5.74, 6) is 0. The van der Waals surface area contributed by atoms with Crippen LogP contribution < -0.4 is 16.4 Å². The largest absolute Gasteiger partial charge is 0.450 e. The van der Waals surface area contributed by atoms with Crippen LogP contribution in [0.3, 0.4) is 0 Å². The molecule has 1 aromatic heterocycles. The number of benzene rings is 2. The molecule has 5 nitrogen and oxygen atoms in total. The van der Waals surface area contributed by atoms with E-state index < -0.39 is 6.09 Å². The average Bonchev–Trinajstić information content (AvgIpc) is 3.12. The number of rotatable bonds is 6. The first-order chi connectivity index (χ1) is 12.7. The number of carbonyl (C=O) groups excluding carboxylic acids is 1. The summed E-state index contributed by atoms with van der Waals surface area (Å²) in [6.07, 6.45) is -0.512. The molecule has 6 heteroatoms. The highest BCUT2D eigenvalue weighted by Gasteiger charge is 2.09. The van der Waals surface area contributed by atoms with Crippen molar-refractivity contribution in [2.75, 3.05) is 23.0 Å². The van der Waals surface area contributed by atoms with Crippen molar-refractivity contribution in [2.24, 2.45) is 0 Å². The molecular weight excluding hydrogens is 346 g/mol. The number of nitrogens with one attached hydrogen (secondary N) is 2. The minimum Gasteiger partial charge on any atom is -0.450 e. The number of carbonyl (C=O) groups is 1. The summed E-state index contributed by atoms with van der Waals surface area (Å²) in [7, 11) is 0. The third-order valence-corrected chi connectivity index (χ3v) is 4.93. The van der Waals surface area contributed by atoms with Crippen LogP contribution in [0.2, 0.25) is 0 Å². The number of anilines is 3. The van der Waals surface area contributed by atoms with E-state index in [2.05, 4.69) is 34.9 Å². The molecule has 1 heterocycles. The smallest absolute Gasteiger partial charge is 0.411 e. The minimum atomic E-state index is -0.512. The van der Waals surface area contributed by atoms with Crippen molar-refractivity contribution in [3.05, 3.63) is 65.5 Å². The van der Waals surface area contributed by atoms with Crippen LogP contribution in [0.1, 0.15) is 11.8 Å². The molecule has 0 saturated heterocycles. The Morgan fingerprint density at radius 3 is 2.58 bits per heavy atom. The van der Waals surface area contributed by atoms with Gasteiger partial charge in [-0.15, -0.1) is 11.3 Å². The van der Waals surface area contributed by atoms with Gasteiger partial charge in [0.2, 0.25) is 0 Å². The van der Waals surface area contributed by atoms with Gasteiger partial charge in [0.15, 0.2) is 0 Å². The van der Waals surface area contributed by atoms with E-state index in [1.165, 1.54) is 15.3 Å². The molecule has 3 aromatic rings. The fraction of sp³-hybridized carbons (Fsp3) is 0.150. The van der Waals surface area contributed by atoms with Gasteiger partial charge < -0.3 is 15.8 Å². The molecule has 0 radical (unpaired) electrons. The fourth-order valence-corrected chi connectivity index (χ4v) is 3.47. The standard InChI is InChI=1S/C20H21N3O2S/c1-2-25-20(24)23-17-10-6-9-16(19(17)21)22-13-15-11-12-18(26-15)14-7-4-3-5-8-14/h3-12,22H,2,13,21H2,1H3,(H,23,24). The Morgan fingerprint density at radius 1 is 1.04 bits per heavy atom.